The highest BCUT2D eigenvalue weighted by Crippen LogP contribution is 2.32. The molecule has 5 rings (SSSR count). The number of ether oxygens (including phenoxy) is 1. The number of alkyl halides is 3. The van der Waals surface area contributed by atoms with Crippen molar-refractivity contribution in [3.05, 3.63) is 71.1 Å². The number of morpholine rings is 1. The topological polar surface area (TPSA) is 173 Å². The Kier molecular flexibility index (Phi) is 10.0. The second-order valence-electron chi connectivity index (χ2n) is 9.31. The number of carbonyl (C=O) groups excluding carboxylic acids is 1. The Morgan fingerprint density at radius 3 is 2.28 bits per heavy atom. The third-order valence-electron chi connectivity index (χ3n) is 6.37. The number of carbonyl (C=O) groups is 2. The predicted molar refractivity (Wildman–Crippen MR) is 155 cm³/mol. The predicted octanol–water partition coefficient (Wildman–Crippen LogP) is 4.20. The smallest absolute Gasteiger partial charge is 0.475 e. The van der Waals surface area contributed by atoms with Crippen LogP contribution in [-0.4, -0.2) is 69.1 Å². The lowest BCUT2D eigenvalue weighted by molar-refractivity contribution is -0.192. The van der Waals surface area contributed by atoms with Crippen molar-refractivity contribution in [2.24, 2.45) is 5.73 Å². The van der Waals surface area contributed by atoms with Crippen LogP contribution in [0.3, 0.4) is 0 Å². The number of hydrogen-bond donors (Lipinski definition) is 5. The summed E-state index contributed by atoms with van der Waals surface area (Å²) in [4.78, 5) is 27.9. The van der Waals surface area contributed by atoms with Crippen molar-refractivity contribution < 1.29 is 32.6 Å². The molecule has 228 valence electrons. The highest BCUT2D eigenvalue weighted by Gasteiger charge is 2.38. The van der Waals surface area contributed by atoms with Crippen LogP contribution in [0.2, 0.25) is 5.02 Å². The third-order valence-corrected chi connectivity index (χ3v) is 6.72. The lowest BCUT2D eigenvalue weighted by Crippen LogP contribution is -2.36. The van der Waals surface area contributed by atoms with Gasteiger partial charge in [0.25, 0.3) is 0 Å². The number of carboxylic acids is 1. The number of fused-ring (bicyclic) bond motifs is 1. The molecule has 0 radical (unpaired) electrons. The molecule has 2 amide bonds. The molecule has 4 aromatic rings. The molecule has 7 N–H and O–H groups in total. The van der Waals surface area contributed by atoms with E-state index in [1.54, 1.807) is 18.2 Å². The summed E-state index contributed by atoms with van der Waals surface area (Å²) in [5.41, 5.74) is 17.6. The monoisotopic (exact) mass is 620 g/mol. The molecule has 0 atom stereocenters. The van der Waals surface area contributed by atoms with Gasteiger partial charge in [-0.25, -0.2) is 19.1 Å². The molecule has 1 saturated heterocycles. The largest absolute Gasteiger partial charge is 0.490 e. The van der Waals surface area contributed by atoms with Crippen molar-refractivity contribution in [3.63, 3.8) is 0 Å². The van der Waals surface area contributed by atoms with Crippen molar-refractivity contribution in [1.82, 2.24) is 19.5 Å². The van der Waals surface area contributed by atoms with E-state index in [4.69, 9.17) is 37.7 Å². The molecule has 0 spiro atoms. The van der Waals surface area contributed by atoms with Crippen LogP contribution >= 0.6 is 11.6 Å². The minimum atomic E-state index is -5.08. The number of carboxylic acid groups (broad SMARTS) is 1. The van der Waals surface area contributed by atoms with E-state index in [-0.39, 0.29) is 6.03 Å². The van der Waals surface area contributed by atoms with Crippen LogP contribution in [0.25, 0.3) is 16.6 Å². The van der Waals surface area contributed by atoms with Gasteiger partial charge in [-0.1, -0.05) is 29.8 Å². The number of urea groups is 1. The summed E-state index contributed by atoms with van der Waals surface area (Å²) in [6.07, 6.45) is -3.61. The van der Waals surface area contributed by atoms with Crippen LogP contribution in [-0.2, 0) is 22.6 Å². The summed E-state index contributed by atoms with van der Waals surface area (Å²) < 4.78 is 39.1. The minimum absolute atomic E-state index is 0.335. The quantitative estimate of drug-likeness (QED) is 0.212. The Balaban J connectivity index is 0.000000541. The first-order valence-electron chi connectivity index (χ1n) is 12.8. The number of benzene rings is 2. The molecule has 2 aromatic heterocycles. The molecule has 0 aliphatic carbocycles. The van der Waals surface area contributed by atoms with Gasteiger partial charge in [0, 0.05) is 48.1 Å². The molecule has 3 heterocycles. The molecule has 0 unspecified atom stereocenters. The lowest BCUT2D eigenvalue weighted by Gasteiger charge is -2.26. The van der Waals surface area contributed by atoms with E-state index in [2.05, 4.69) is 31.7 Å². The summed E-state index contributed by atoms with van der Waals surface area (Å²) in [5, 5.41) is 17.7. The van der Waals surface area contributed by atoms with Crippen molar-refractivity contribution in [3.8, 4) is 11.1 Å². The first-order valence-corrected chi connectivity index (χ1v) is 13.2. The normalized spacial score (nSPS) is 13.7. The van der Waals surface area contributed by atoms with Gasteiger partial charge in [-0.2, -0.15) is 18.3 Å². The van der Waals surface area contributed by atoms with Crippen LogP contribution in [0.15, 0.2) is 54.9 Å². The Morgan fingerprint density at radius 1 is 1.05 bits per heavy atom. The van der Waals surface area contributed by atoms with E-state index >= 15 is 0 Å². The molecule has 1 aliphatic rings. The van der Waals surface area contributed by atoms with Gasteiger partial charge in [-0.3, -0.25) is 4.90 Å². The maximum absolute atomic E-state index is 12.5. The molecule has 0 saturated carbocycles. The molecule has 43 heavy (non-hydrogen) atoms. The van der Waals surface area contributed by atoms with Gasteiger partial charge in [-0.15, -0.1) is 0 Å². The number of nitrogens with two attached hydrogens (primary N) is 2. The Bertz CT molecular complexity index is 1590. The SMILES string of the molecule is NCc1ccc(NC(=O)Nc2ccc(-c3cc(CN4CCOCC4)n4ncnc(N)c34)cc2)cc1Cl.O=C(O)C(F)(F)F. The van der Waals surface area contributed by atoms with E-state index in [0.29, 0.717) is 28.8 Å². The maximum Gasteiger partial charge on any atom is 0.490 e. The zero-order valence-electron chi connectivity index (χ0n) is 22.6. The number of hydrogen-bond acceptors (Lipinski definition) is 8. The molecule has 1 fully saturated rings. The van der Waals surface area contributed by atoms with Crippen LogP contribution in [0.5, 0.6) is 0 Å². The second kappa shape index (κ2) is 13.7. The van der Waals surface area contributed by atoms with Crippen LogP contribution < -0.4 is 22.1 Å². The number of aromatic nitrogens is 3. The van der Waals surface area contributed by atoms with Gasteiger partial charge < -0.3 is 31.9 Å². The van der Waals surface area contributed by atoms with E-state index in [9.17, 15) is 18.0 Å². The molecule has 12 nitrogen and oxygen atoms in total. The standard InChI is InChI=1S/C25H27ClN8O2.C2HF3O2/c26-22-11-19(6-3-17(22)13-27)32-25(35)31-18-4-1-16(2-5-18)21-12-20(14-33-7-9-36-10-8-33)34-23(21)24(28)29-15-30-34;3-2(4,5)1(6)7/h1-6,11-12,15H,7-10,13-14,27H2,(H2,28,29,30)(H2,31,32,35);(H,6,7). The highest BCUT2D eigenvalue weighted by molar-refractivity contribution is 6.31. The fourth-order valence-electron chi connectivity index (χ4n) is 4.27. The van der Waals surface area contributed by atoms with Crippen molar-refractivity contribution in [2.75, 3.05) is 42.7 Å². The Labute approximate surface area is 248 Å². The van der Waals surface area contributed by atoms with E-state index in [1.165, 1.54) is 6.33 Å². The first kappa shape index (κ1) is 31.5. The summed E-state index contributed by atoms with van der Waals surface area (Å²) in [5.74, 6) is -2.35. The van der Waals surface area contributed by atoms with Crippen LogP contribution in [0.1, 0.15) is 11.3 Å². The summed E-state index contributed by atoms with van der Waals surface area (Å²) in [7, 11) is 0. The summed E-state index contributed by atoms with van der Waals surface area (Å²) in [6.45, 7) is 4.25. The van der Waals surface area contributed by atoms with Gasteiger partial charge in [-0.05, 0) is 41.5 Å². The van der Waals surface area contributed by atoms with Crippen LogP contribution in [0, 0.1) is 0 Å². The fourth-order valence-corrected chi connectivity index (χ4v) is 4.53. The minimum Gasteiger partial charge on any atom is -0.475 e. The second-order valence-corrected chi connectivity index (χ2v) is 9.72. The Hall–Kier alpha value is -4.44. The average Bonchev–Trinajstić information content (AvgIpc) is 3.33. The number of nitrogens with zero attached hydrogens (tertiary/aromatic N) is 4. The number of halogens is 4. The molecular formula is C27H28ClF3N8O4. The molecule has 16 heteroatoms. The van der Waals surface area contributed by atoms with Gasteiger partial charge in [0.15, 0.2) is 5.82 Å². The van der Waals surface area contributed by atoms with Gasteiger partial charge >= 0.3 is 18.2 Å². The van der Waals surface area contributed by atoms with Gasteiger partial charge in [0.2, 0.25) is 0 Å². The van der Waals surface area contributed by atoms with Gasteiger partial charge in [0.05, 0.1) is 18.9 Å². The number of anilines is 3. The summed E-state index contributed by atoms with van der Waals surface area (Å²) in [6, 6.07) is 14.5. The zero-order chi connectivity index (χ0) is 31.1. The van der Waals surface area contributed by atoms with Gasteiger partial charge in [0.1, 0.15) is 11.8 Å². The molecular weight excluding hydrogens is 593 g/mol. The van der Waals surface area contributed by atoms with Crippen molar-refractivity contribution in [2.45, 2.75) is 19.3 Å². The molecule has 1 aliphatic heterocycles. The lowest BCUT2D eigenvalue weighted by atomic mass is 10.1. The number of nitrogens with one attached hydrogen (secondary N) is 2. The number of nitrogen functional groups attached to an aromatic ring is 1. The van der Waals surface area contributed by atoms with Crippen molar-refractivity contribution in [1.29, 1.82) is 0 Å². The van der Waals surface area contributed by atoms with E-state index < -0.39 is 12.1 Å². The number of aliphatic carboxylic acids is 1. The highest BCUT2D eigenvalue weighted by atomic mass is 35.5. The molecule has 2 aromatic carbocycles. The number of amides is 2. The Morgan fingerprint density at radius 2 is 1.67 bits per heavy atom. The van der Waals surface area contributed by atoms with E-state index in [0.717, 1.165) is 60.7 Å². The van der Waals surface area contributed by atoms with E-state index in [1.807, 2.05) is 28.8 Å². The van der Waals surface area contributed by atoms with Crippen molar-refractivity contribution >= 4 is 46.3 Å². The zero-order valence-corrected chi connectivity index (χ0v) is 23.3. The fraction of sp³-hybridized carbons (Fsp3) is 0.259. The summed E-state index contributed by atoms with van der Waals surface area (Å²) >= 11 is 6.18. The maximum atomic E-state index is 12.5. The van der Waals surface area contributed by atoms with Crippen LogP contribution in [0.4, 0.5) is 35.2 Å². The third kappa shape index (κ3) is 8.10. The number of rotatable bonds is 6. The molecule has 0 bridgehead atoms. The average molecular weight is 621 g/mol. The first-order chi connectivity index (χ1) is 20.5.